The first kappa shape index (κ1) is 23.3. The molecule has 2 heterocycles. The third-order valence-corrected chi connectivity index (χ3v) is 6.26. The van der Waals surface area contributed by atoms with Crippen molar-refractivity contribution in [3.63, 3.8) is 0 Å². The van der Waals surface area contributed by atoms with Gasteiger partial charge in [0.05, 0.1) is 12.7 Å². The highest BCUT2D eigenvalue weighted by Gasteiger charge is 2.46. The first-order chi connectivity index (χ1) is 15.3. The van der Waals surface area contributed by atoms with Crippen LogP contribution in [-0.2, 0) is 17.8 Å². The van der Waals surface area contributed by atoms with Crippen LogP contribution in [-0.4, -0.2) is 69.3 Å². The molecule has 5 N–H and O–H groups in total. The van der Waals surface area contributed by atoms with Crippen molar-refractivity contribution in [1.82, 2.24) is 0 Å². The quantitative estimate of drug-likeness (QED) is 0.443. The van der Waals surface area contributed by atoms with Crippen molar-refractivity contribution in [2.45, 2.75) is 56.6 Å². The molecule has 174 valence electrons. The van der Waals surface area contributed by atoms with Gasteiger partial charge in [-0.3, -0.25) is 0 Å². The summed E-state index contributed by atoms with van der Waals surface area (Å²) in [5, 5.41) is 51.4. The average molecular weight is 467 g/mol. The predicted octanol–water partition coefficient (Wildman–Crippen LogP) is 1.10. The number of aliphatic hydroxyl groups excluding tert-OH is 5. The number of benzene rings is 2. The number of hydrogen-bond donors (Lipinski definition) is 5. The summed E-state index contributed by atoms with van der Waals surface area (Å²) in [7, 11) is 0. The topological polar surface area (TPSA) is 129 Å². The molecule has 0 aliphatic carbocycles. The van der Waals surface area contributed by atoms with E-state index < -0.39 is 36.6 Å². The van der Waals surface area contributed by atoms with Gasteiger partial charge in [0.25, 0.3) is 0 Å². The van der Waals surface area contributed by atoms with Gasteiger partial charge in [0.15, 0.2) is 11.5 Å². The second-order valence-electron chi connectivity index (χ2n) is 8.19. The second-order valence-corrected chi connectivity index (χ2v) is 8.60. The molecule has 2 aromatic rings. The van der Waals surface area contributed by atoms with Crippen LogP contribution in [0.4, 0.5) is 0 Å². The fourth-order valence-electron chi connectivity index (χ4n) is 4.20. The summed E-state index contributed by atoms with van der Waals surface area (Å²) < 4.78 is 17.0. The van der Waals surface area contributed by atoms with Crippen LogP contribution in [0.1, 0.15) is 35.3 Å². The molecular formula is C23H27ClO8. The fourth-order valence-corrected chi connectivity index (χ4v) is 4.45. The lowest BCUT2D eigenvalue weighted by atomic mass is 9.86. The van der Waals surface area contributed by atoms with Crippen molar-refractivity contribution in [1.29, 1.82) is 0 Å². The Hall–Kier alpha value is -1.91. The molecule has 2 aliphatic rings. The van der Waals surface area contributed by atoms with Crippen LogP contribution in [0.3, 0.4) is 0 Å². The summed E-state index contributed by atoms with van der Waals surface area (Å²) in [5.41, 5.74) is 2.47. The molecule has 4 unspecified atom stereocenters. The fraction of sp³-hybridized carbons (Fsp3) is 0.478. The summed E-state index contributed by atoms with van der Waals surface area (Å²) in [6, 6.07) is 8.91. The van der Waals surface area contributed by atoms with Crippen molar-refractivity contribution in [2.24, 2.45) is 0 Å². The maximum absolute atomic E-state index is 10.6. The molecular weight excluding hydrogens is 440 g/mol. The summed E-state index contributed by atoms with van der Waals surface area (Å²) in [6.45, 7) is 2.03. The van der Waals surface area contributed by atoms with Crippen LogP contribution in [0, 0.1) is 0 Å². The minimum atomic E-state index is -1.53. The highest BCUT2D eigenvalue weighted by Crippen LogP contribution is 2.38. The zero-order chi connectivity index (χ0) is 23.0. The molecule has 0 spiro atoms. The summed E-state index contributed by atoms with van der Waals surface area (Å²) in [4.78, 5) is 0. The smallest absolute Gasteiger partial charge is 0.161 e. The Labute approximate surface area is 190 Å². The van der Waals surface area contributed by atoms with Crippen molar-refractivity contribution in [2.75, 3.05) is 13.2 Å². The van der Waals surface area contributed by atoms with Gasteiger partial charge in [-0.25, -0.2) is 0 Å². The Morgan fingerprint density at radius 3 is 2.38 bits per heavy atom. The monoisotopic (exact) mass is 466 g/mol. The number of halogens is 1. The highest BCUT2D eigenvalue weighted by molar-refractivity contribution is 6.31. The lowest BCUT2D eigenvalue weighted by molar-refractivity contribution is -0.243. The van der Waals surface area contributed by atoms with Crippen LogP contribution >= 0.6 is 11.6 Å². The Balaban J connectivity index is 1.68. The van der Waals surface area contributed by atoms with Gasteiger partial charge in [0, 0.05) is 5.02 Å². The minimum Gasteiger partial charge on any atom is -0.486 e. The number of ether oxygens (including phenoxy) is 3. The molecule has 0 radical (unpaired) electrons. The lowest BCUT2D eigenvalue weighted by Crippen LogP contribution is -2.57. The molecule has 0 amide bonds. The molecule has 4 rings (SSSR count). The Bertz CT molecular complexity index is 965. The van der Waals surface area contributed by atoms with Crippen molar-refractivity contribution in [3.05, 3.63) is 57.6 Å². The highest BCUT2D eigenvalue weighted by atomic mass is 35.5. The van der Waals surface area contributed by atoms with E-state index in [0.717, 1.165) is 5.56 Å². The van der Waals surface area contributed by atoms with Gasteiger partial charge in [-0.1, -0.05) is 23.7 Å². The van der Waals surface area contributed by atoms with E-state index in [1.807, 2.05) is 18.2 Å². The molecule has 1 fully saturated rings. The first-order valence-corrected chi connectivity index (χ1v) is 10.9. The standard InChI is InChI=1S/C23H27ClO8/c1-11(26)22-20(28)19(27)21(29)23(32-22)15-8-13(16(24)9-14(15)10-25)6-12-2-3-17-18(7-12)31-5-4-30-17/h2-3,7-9,11,19-23,25-29H,4-6,10H2,1H3/t11?,19?,20-,21+,22?,23?/m0/s1. The molecule has 32 heavy (non-hydrogen) atoms. The zero-order valence-electron chi connectivity index (χ0n) is 17.5. The minimum absolute atomic E-state index is 0.371. The van der Waals surface area contributed by atoms with Crippen LogP contribution in [0.2, 0.25) is 5.02 Å². The predicted molar refractivity (Wildman–Crippen MR) is 115 cm³/mol. The molecule has 2 aliphatic heterocycles. The van der Waals surface area contributed by atoms with E-state index in [0.29, 0.717) is 52.8 Å². The van der Waals surface area contributed by atoms with Crippen molar-refractivity contribution < 1.29 is 39.7 Å². The van der Waals surface area contributed by atoms with Gasteiger partial charge in [-0.05, 0) is 53.8 Å². The third-order valence-electron chi connectivity index (χ3n) is 5.91. The van der Waals surface area contributed by atoms with Gasteiger partial charge in [-0.2, -0.15) is 0 Å². The van der Waals surface area contributed by atoms with Crippen LogP contribution in [0.15, 0.2) is 30.3 Å². The zero-order valence-corrected chi connectivity index (χ0v) is 18.3. The normalized spacial score (nSPS) is 28.4. The van der Waals surface area contributed by atoms with Crippen molar-refractivity contribution in [3.8, 4) is 11.5 Å². The van der Waals surface area contributed by atoms with E-state index >= 15 is 0 Å². The maximum atomic E-state index is 10.6. The molecule has 1 saturated heterocycles. The van der Waals surface area contributed by atoms with Gasteiger partial charge >= 0.3 is 0 Å². The van der Waals surface area contributed by atoms with Gasteiger partial charge in [-0.15, -0.1) is 0 Å². The van der Waals surface area contributed by atoms with Crippen LogP contribution < -0.4 is 9.47 Å². The Kier molecular flexibility index (Phi) is 6.92. The summed E-state index contributed by atoms with van der Waals surface area (Å²) in [6.07, 6.45) is -7.29. The maximum Gasteiger partial charge on any atom is 0.161 e. The second kappa shape index (κ2) is 9.52. The Morgan fingerprint density at radius 2 is 1.69 bits per heavy atom. The number of hydrogen-bond acceptors (Lipinski definition) is 8. The number of rotatable bonds is 5. The van der Waals surface area contributed by atoms with E-state index in [1.54, 1.807) is 12.1 Å². The molecule has 0 bridgehead atoms. The Morgan fingerprint density at radius 1 is 0.969 bits per heavy atom. The van der Waals surface area contributed by atoms with Gasteiger partial charge < -0.3 is 39.7 Å². The van der Waals surface area contributed by atoms with Crippen molar-refractivity contribution >= 4 is 11.6 Å². The van der Waals surface area contributed by atoms with Gasteiger partial charge in [0.2, 0.25) is 0 Å². The molecule has 2 aromatic carbocycles. The van der Waals surface area contributed by atoms with Crippen LogP contribution in [0.5, 0.6) is 11.5 Å². The first-order valence-electron chi connectivity index (χ1n) is 10.5. The lowest BCUT2D eigenvalue weighted by Gasteiger charge is -2.42. The van der Waals surface area contributed by atoms with Gasteiger partial charge in [0.1, 0.15) is 43.7 Å². The van der Waals surface area contributed by atoms with Crippen LogP contribution in [0.25, 0.3) is 0 Å². The van der Waals surface area contributed by atoms with E-state index in [9.17, 15) is 25.5 Å². The molecule has 6 atom stereocenters. The molecule has 0 aromatic heterocycles. The molecule has 0 saturated carbocycles. The molecule has 9 heteroatoms. The van der Waals surface area contributed by atoms with E-state index in [4.69, 9.17) is 25.8 Å². The largest absolute Gasteiger partial charge is 0.486 e. The number of aliphatic hydroxyl groups is 5. The SMILES string of the molecule is CC(O)C1OC(c2cc(Cc3ccc4c(c3)OCCO4)c(Cl)cc2CO)[C@H](O)C(O)[C@@H]1O. The molecule has 8 nitrogen and oxygen atoms in total. The average Bonchev–Trinajstić information content (AvgIpc) is 2.78. The third kappa shape index (κ3) is 4.45. The van der Waals surface area contributed by atoms with E-state index in [-0.39, 0.29) is 6.61 Å². The number of fused-ring (bicyclic) bond motifs is 1. The van der Waals surface area contributed by atoms with E-state index in [2.05, 4.69) is 0 Å². The summed E-state index contributed by atoms with van der Waals surface area (Å²) in [5.74, 6) is 1.33. The van der Waals surface area contributed by atoms with E-state index in [1.165, 1.54) is 6.92 Å². The summed E-state index contributed by atoms with van der Waals surface area (Å²) >= 11 is 6.48.